The number of allylic oxidation sites excluding steroid dienone is 1. The molecule has 0 amide bonds. The topological polar surface area (TPSA) is 24.1 Å². The van der Waals surface area contributed by atoms with Crippen LogP contribution in [0.4, 0.5) is 24.5 Å². The van der Waals surface area contributed by atoms with E-state index in [-0.39, 0.29) is 0 Å². The molecule has 0 aromatic heterocycles. The van der Waals surface area contributed by atoms with Gasteiger partial charge in [0.2, 0.25) is 0 Å². The Balaban J connectivity index is 2.13. The average Bonchev–Trinajstić information content (AvgIpc) is 2.46. The lowest BCUT2D eigenvalue weighted by atomic mass is 10.1. The average molecular weight is 318 g/mol. The lowest BCUT2D eigenvalue weighted by Crippen LogP contribution is -2.10. The van der Waals surface area contributed by atoms with E-state index in [1.807, 2.05) is 31.2 Å². The largest absolute Gasteiger partial charge is 0.416 e. The maximum Gasteiger partial charge on any atom is 0.416 e. The molecule has 0 aliphatic rings. The predicted molar refractivity (Wildman–Crippen MR) is 89.0 cm³/mol. The first-order chi connectivity index (χ1) is 10.8. The van der Waals surface area contributed by atoms with Gasteiger partial charge in [-0.1, -0.05) is 37.4 Å². The van der Waals surface area contributed by atoms with Crippen LogP contribution >= 0.6 is 0 Å². The summed E-state index contributed by atoms with van der Waals surface area (Å²) >= 11 is 0. The Morgan fingerprint density at radius 1 is 0.957 bits per heavy atom. The van der Waals surface area contributed by atoms with Crippen LogP contribution in [0.5, 0.6) is 0 Å². The number of hydrogen-bond acceptors (Lipinski definition) is 2. The van der Waals surface area contributed by atoms with Crippen molar-refractivity contribution in [3.05, 3.63) is 78.6 Å². The van der Waals surface area contributed by atoms with E-state index in [9.17, 15) is 13.2 Å². The highest BCUT2D eigenvalue weighted by Crippen LogP contribution is 2.31. The summed E-state index contributed by atoms with van der Waals surface area (Å²) in [4.78, 5) is 0. The van der Waals surface area contributed by atoms with Crippen molar-refractivity contribution in [2.45, 2.75) is 13.1 Å². The van der Waals surface area contributed by atoms with Gasteiger partial charge in [-0.15, -0.1) is 0 Å². The molecule has 23 heavy (non-hydrogen) atoms. The van der Waals surface area contributed by atoms with Crippen molar-refractivity contribution in [3.63, 3.8) is 0 Å². The molecule has 0 aliphatic heterocycles. The van der Waals surface area contributed by atoms with E-state index in [1.165, 1.54) is 6.07 Å². The fraction of sp³-hybridized carbons (Fsp3) is 0.111. The van der Waals surface area contributed by atoms with Gasteiger partial charge < -0.3 is 10.6 Å². The molecule has 0 bridgehead atoms. The van der Waals surface area contributed by atoms with Crippen LogP contribution in [0.3, 0.4) is 0 Å². The highest BCUT2D eigenvalue weighted by Gasteiger charge is 2.30. The first-order valence-electron chi connectivity index (χ1n) is 6.92. The lowest BCUT2D eigenvalue weighted by Gasteiger charge is -2.16. The molecule has 0 aliphatic carbocycles. The molecule has 0 radical (unpaired) electrons. The summed E-state index contributed by atoms with van der Waals surface area (Å²) in [5.41, 5.74) is 2.17. The number of halogens is 3. The highest BCUT2D eigenvalue weighted by molar-refractivity contribution is 5.75. The molecule has 0 saturated heterocycles. The molecule has 0 atom stereocenters. The quantitative estimate of drug-likeness (QED) is 0.735. The van der Waals surface area contributed by atoms with Crippen molar-refractivity contribution in [1.82, 2.24) is 0 Å². The number of hydrogen-bond donors (Lipinski definition) is 2. The third kappa shape index (κ3) is 4.39. The fourth-order valence-corrected chi connectivity index (χ4v) is 2.11. The highest BCUT2D eigenvalue weighted by atomic mass is 19.4. The van der Waals surface area contributed by atoms with E-state index < -0.39 is 11.7 Å². The second-order valence-corrected chi connectivity index (χ2v) is 5.13. The minimum Gasteiger partial charge on any atom is -0.342 e. The molecule has 2 nitrogen and oxygen atoms in total. The van der Waals surface area contributed by atoms with Crippen molar-refractivity contribution < 1.29 is 13.2 Å². The summed E-state index contributed by atoms with van der Waals surface area (Å²) in [5.74, 6) is 0.373. The molecular weight excluding hydrogens is 301 g/mol. The van der Waals surface area contributed by atoms with Gasteiger partial charge >= 0.3 is 6.18 Å². The second kappa shape index (κ2) is 6.60. The van der Waals surface area contributed by atoms with Crippen molar-refractivity contribution >= 4 is 16.9 Å². The van der Waals surface area contributed by atoms with Crippen LogP contribution in [-0.2, 0) is 6.18 Å². The van der Waals surface area contributed by atoms with Crippen LogP contribution in [-0.4, -0.2) is 0 Å². The van der Waals surface area contributed by atoms with Gasteiger partial charge in [0.15, 0.2) is 0 Å². The molecule has 2 aromatic carbocycles. The summed E-state index contributed by atoms with van der Waals surface area (Å²) in [5, 5.41) is 5.88. The van der Waals surface area contributed by atoms with Crippen LogP contribution in [0.1, 0.15) is 18.1 Å². The van der Waals surface area contributed by atoms with E-state index >= 15 is 0 Å². The van der Waals surface area contributed by atoms with Gasteiger partial charge in [0, 0.05) is 16.9 Å². The SMILES string of the molecule is C=C(Nc1cccc(C(F)(F)F)c1)Nc1ccccc1C(=C)C. The molecule has 2 N–H and O–H groups in total. The molecule has 120 valence electrons. The summed E-state index contributed by atoms with van der Waals surface area (Å²) in [6.07, 6.45) is -4.38. The first kappa shape index (κ1) is 16.7. The molecule has 2 aromatic rings. The normalized spacial score (nSPS) is 11.0. The molecule has 2 rings (SSSR count). The third-order valence-electron chi connectivity index (χ3n) is 3.16. The standard InChI is InChI=1S/C18H17F3N2/c1-12(2)16-9-4-5-10-17(16)23-13(3)22-15-8-6-7-14(11-15)18(19,20)21/h4-11,22-23H,1,3H2,2H3. The number of benzene rings is 2. The van der Waals surface area contributed by atoms with Crippen molar-refractivity contribution in [1.29, 1.82) is 0 Å². The van der Waals surface area contributed by atoms with E-state index in [0.29, 0.717) is 11.5 Å². The zero-order chi connectivity index (χ0) is 17.0. The molecular formula is C18H17F3N2. The Hall–Kier alpha value is -2.69. The Morgan fingerprint density at radius 2 is 1.65 bits per heavy atom. The van der Waals surface area contributed by atoms with E-state index in [2.05, 4.69) is 23.8 Å². The van der Waals surface area contributed by atoms with Crippen LogP contribution in [0.15, 0.2) is 67.5 Å². The molecule has 5 heteroatoms. The zero-order valence-electron chi connectivity index (χ0n) is 12.7. The number of anilines is 2. The summed E-state index contributed by atoms with van der Waals surface area (Å²) < 4.78 is 38.2. The van der Waals surface area contributed by atoms with Gasteiger partial charge in [-0.2, -0.15) is 13.2 Å². The van der Waals surface area contributed by atoms with E-state index in [0.717, 1.165) is 29.0 Å². The predicted octanol–water partition coefficient (Wildman–Crippen LogP) is 5.73. The number of alkyl halides is 3. The van der Waals surface area contributed by atoms with E-state index in [4.69, 9.17) is 0 Å². The summed E-state index contributed by atoms with van der Waals surface area (Å²) in [7, 11) is 0. The van der Waals surface area contributed by atoms with Crippen LogP contribution in [0, 0.1) is 0 Å². The van der Waals surface area contributed by atoms with Gasteiger partial charge in [0.05, 0.1) is 5.56 Å². The molecule has 0 fully saturated rings. The van der Waals surface area contributed by atoms with Crippen LogP contribution < -0.4 is 10.6 Å². The Morgan fingerprint density at radius 3 is 2.30 bits per heavy atom. The number of nitrogens with one attached hydrogen (secondary N) is 2. The number of rotatable bonds is 5. The molecule has 0 heterocycles. The van der Waals surface area contributed by atoms with Crippen molar-refractivity contribution in [2.75, 3.05) is 10.6 Å². The maximum atomic E-state index is 12.7. The van der Waals surface area contributed by atoms with Gasteiger partial charge in [-0.25, -0.2) is 0 Å². The van der Waals surface area contributed by atoms with Gasteiger partial charge in [0.1, 0.15) is 5.82 Å². The third-order valence-corrected chi connectivity index (χ3v) is 3.16. The smallest absolute Gasteiger partial charge is 0.342 e. The number of para-hydroxylation sites is 1. The zero-order valence-corrected chi connectivity index (χ0v) is 12.7. The maximum absolute atomic E-state index is 12.7. The molecule has 0 unspecified atom stereocenters. The Kier molecular flexibility index (Phi) is 4.79. The minimum atomic E-state index is -4.38. The van der Waals surface area contributed by atoms with Crippen molar-refractivity contribution in [2.24, 2.45) is 0 Å². The van der Waals surface area contributed by atoms with E-state index in [1.54, 1.807) is 6.07 Å². The minimum absolute atomic E-state index is 0.310. The monoisotopic (exact) mass is 318 g/mol. The van der Waals surface area contributed by atoms with Crippen LogP contribution in [0.25, 0.3) is 5.57 Å². The molecule has 0 saturated carbocycles. The molecule has 0 spiro atoms. The lowest BCUT2D eigenvalue weighted by molar-refractivity contribution is -0.137. The summed E-state index contributed by atoms with van der Waals surface area (Å²) in [6.45, 7) is 9.58. The fourth-order valence-electron chi connectivity index (χ4n) is 2.11. The Labute approximate surface area is 133 Å². The van der Waals surface area contributed by atoms with Gasteiger partial charge in [-0.05, 0) is 36.8 Å². The Bertz CT molecular complexity index is 733. The first-order valence-corrected chi connectivity index (χ1v) is 6.92. The summed E-state index contributed by atoms with van der Waals surface area (Å²) in [6, 6.07) is 12.5. The van der Waals surface area contributed by atoms with Crippen molar-refractivity contribution in [3.8, 4) is 0 Å². The van der Waals surface area contributed by atoms with Gasteiger partial charge in [0.25, 0.3) is 0 Å². The van der Waals surface area contributed by atoms with Gasteiger partial charge in [-0.3, -0.25) is 0 Å². The second-order valence-electron chi connectivity index (χ2n) is 5.13. The van der Waals surface area contributed by atoms with Crippen LogP contribution in [0.2, 0.25) is 0 Å².